The van der Waals surface area contributed by atoms with Gasteiger partial charge in [-0.15, -0.1) is 0 Å². The van der Waals surface area contributed by atoms with E-state index in [1.54, 1.807) is 6.92 Å². The highest BCUT2D eigenvalue weighted by molar-refractivity contribution is 9.09. The van der Waals surface area contributed by atoms with Crippen molar-refractivity contribution in [3.05, 3.63) is 0 Å². The van der Waals surface area contributed by atoms with Crippen molar-refractivity contribution in [2.75, 3.05) is 36.5 Å². The Labute approximate surface area is 95.9 Å². The predicted octanol–water partition coefficient (Wildman–Crippen LogP) is 1.53. The molecule has 0 saturated carbocycles. The molecule has 0 rings (SSSR count). The average molecular weight is 286 g/mol. The molecule has 0 fully saturated rings. The van der Waals surface area contributed by atoms with Crippen LogP contribution in [-0.2, 0) is 9.84 Å². The number of alkyl halides is 1. The number of sulfone groups is 1. The third kappa shape index (κ3) is 6.79. The van der Waals surface area contributed by atoms with Crippen molar-refractivity contribution in [2.45, 2.75) is 20.3 Å². The number of nitrogens with zero attached hydrogens (tertiary/aromatic N) is 1. The molecule has 0 spiro atoms. The highest BCUT2D eigenvalue weighted by Gasteiger charge is 2.10. The molecule has 5 heteroatoms. The molecule has 0 bridgehead atoms. The lowest BCUT2D eigenvalue weighted by Gasteiger charge is -2.19. The van der Waals surface area contributed by atoms with Crippen molar-refractivity contribution in [3.8, 4) is 0 Å². The lowest BCUT2D eigenvalue weighted by molar-refractivity contribution is 0.308. The van der Waals surface area contributed by atoms with E-state index in [1.807, 2.05) is 0 Å². The van der Waals surface area contributed by atoms with Gasteiger partial charge >= 0.3 is 0 Å². The lowest BCUT2D eigenvalue weighted by atomic mass is 10.4. The molecular formula is C9H20BrNO2S. The Hall–Kier alpha value is 0.390. The highest BCUT2D eigenvalue weighted by Crippen LogP contribution is 1.97. The minimum atomic E-state index is -2.81. The van der Waals surface area contributed by atoms with Crippen LogP contribution in [-0.4, -0.2) is 49.8 Å². The fourth-order valence-electron chi connectivity index (χ4n) is 1.18. The number of hydrogen-bond acceptors (Lipinski definition) is 3. The molecule has 14 heavy (non-hydrogen) atoms. The summed E-state index contributed by atoms with van der Waals surface area (Å²) >= 11 is 3.37. The van der Waals surface area contributed by atoms with Crippen molar-refractivity contribution < 1.29 is 8.42 Å². The predicted molar refractivity (Wildman–Crippen MR) is 64.9 cm³/mol. The maximum Gasteiger partial charge on any atom is 0.151 e. The second-order valence-electron chi connectivity index (χ2n) is 3.27. The van der Waals surface area contributed by atoms with Crippen LogP contribution in [0, 0.1) is 0 Å². The largest absolute Gasteiger partial charge is 0.302 e. The Balaban J connectivity index is 3.92. The molecular weight excluding hydrogens is 266 g/mol. The molecule has 0 unspecified atom stereocenters. The monoisotopic (exact) mass is 285 g/mol. The van der Waals surface area contributed by atoms with E-state index in [4.69, 9.17) is 0 Å². The van der Waals surface area contributed by atoms with Crippen molar-refractivity contribution in [2.24, 2.45) is 0 Å². The van der Waals surface area contributed by atoms with E-state index in [9.17, 15) is 8.42 Å². The molecule has 0 aliphatic rings. The van der Waals surface area contributed by atoms with Gasteiger partial charge in [0.2, 0.25) is 0 Å². The minimum Gasteiger partial charge on any atom is -0.302 e. The van der Waals surface area contributed by atoms with Gasteiger partial charge in [0.15, 0.2) is 9.84 Å². The first-order valence-corrected chi connectivity index (χ1v) is 7.98. The minimum absolute atomic E-state index is 0.251. The van der Waals surface area contributed by atoms with Gasteiger partial charge in [-0.1, -0.05) is 29.8 Å². The van der Waals surface area contributed by atoms with E-state index in [-0.39, 0.29) is 11.5 Å². The van der Waals surface area contributed by atoms with Gasteiger partial charge in [0.25, 0.3) is 0 Å². The molecule has 0 atom stereocenters. The molecule has 0 aromatic rings. The fraction of sp³-hybridized carbons (Fsp3) is 1.00. The zero-order chi connectivity index (χ0) is 11.0. The zero-order valence-corrected chi connectivity index (χ0v) is 11.4. The first kappa shape index (κ1) is 14.4. The molecule has 3 nitrogen and oxygen atoms in total. The summed E-state index contributed by atoms with van der Waals surface area (Å²) in [5, 5.41) is 0.902. The number of rotatable bonds is 8. The lowest BCUT2D eigenvalue weighted by Crippen LogP contribution is -2.32. The Morgan fingerprint density at radius 3 is 2.21 bits per heavy atom. The van der Waals surface area contributed by atoms with E-state index >= 15 is 0 Å². The Morgan fingerprint density at radius 1 is 1.14 bits per heavy atom. The summed E-state index contributed by atoms with van der Waals surface area (Å²) in [6.45, 7) is 6.37. The molecule has 0 heterocycles. The third-order valence-electron chi connectivity index (χ3n) is 2.10. The standard InChI is InChI=1S/C9H20BrNO2S/c1-3-6-11(7-5-10)8-9-14(12,13)4-2/h3-9H2,1-2H3. The molecule has 0 aromatic carbocycles. The Morgan fingerprint density at radius 2 is 1.79 bits per heavy atom. The van der Waals surface area contributed by atoms with Crippen molar-refractivity contribution in [3.63, 3.8) is 0 Å². The SMILES string of the molecule is CCCN(CCBr)CCS(=O)(=O)CC. The van der Waals surface area contributed by atoms with Crippen LogP contribution in [0.4, 0.5) is 0 Å². The maximum absolute atomic E-state index is 11.3. The normalized spacial score (nSPS) is 12.3. The first-order valence-electron chi connectivity index (χ1n) is 5.04. The summed E-state index contributed by atoms with van der Waals surface area (Å²) in [5.74, 6) is 0.539. The van der Waals surface area contributed by atoms with Crippen LogP contribution in [0.5, 0.6) is 0 Å². The van der Waals surface area contributed by atoms with Gasteiger partial charge in [-0.3, -0.25) is 0 Å². The number of halogens is 1. The maximum atomic E-state index is 11.3. The smallest absolute Gasteiger partial charge is 0.151 e. The van der Waals surface area contributed by atoms with Gasteiger partial charge in [-0.25, -0.2) is 8.42 Å². The summed E-state index contributed by atoms with van der Waals surface area (Å²) in [6.07, 6.45) is 1.07. The van der Waals surface area contributed by atoms with Crippen molar-refractivity contribution >= 4 is 25.8 Å². The molecule has 0 radical (unpaired) electrons. The molecule has 0 N–H and O–H groups in total. The van der Waals surface area contributed by atoms with E-state index in [1.165, 1.54) is 0 Å². The van der Waals surface area contributed by atoms with E-state index in [0.29, 0.717) is 6.54 Å². The first-order chi connectivity index (χ1) is 6.55. The molecule has 0 aliphatic carbocycles. The van der Waals surface area contributed by atoms with Gasteiger partial charge < -0.3 is 4.90 Å². The fourth-order valence-corrected chi connectivity index (χ4v) is 2.51. The van der Waals surface area contributed by atoms with Crippen LogP contribution < -0.4 is 0 Å². The highest BCUT2D eigenvalue weighted by atomic mass is 79.9. The summed E-state index contributed by atoms with van der Waals surface area (Å²) in [5.41, 5.74) is 0. The summed E-state index contributed by atoms with van der Waals surface area (Å²) in [6, 6.07) is 0. The molecule has 0 saturated heterocycles. The Kier molecular flexibility index (Phi) is 7.86. The summed E-state index contributed by atoms with van der Waals surface area (Å²) in [7, 11) is -2.81. The van der Waals surface area contributed by atoms with E-state index in [0.717, 1.165) is 24.8 Å². The van der Waals surface area contributed by atoms with Gasteiger partial charge in [-0.2, -0.15) is 0 Å². The van der Waals surface area contributed by atoms with Gasteiger partial charge in [0.1, 0.15) is 0 Å². The second-order valence-corrected chi connectivity index (χ2v) is 6.53. The van der Waals surface area contributed by atoms with Crippen LogP contribution in [0.15, 0.2) is 0 Å². The van der Waals surface area contributed by atoms with Crippen molar-refractivity contribution in [1.82, 2.24) is 4.90 Å². The van der Waals surface area contributed by atoms with Gasteiger partial charge in [0.05, 0.1) is 5.75 Å². The van der Waals surface area contributed by atoms with Gasteiger partial charge in [-0.05, 0) is 13.0 Å². The van der Waals surface area contributed by atoms with Crippen LogP contribution in [0.25, 0.3) is 0 Å². The van der Waals surface area contributed by atoms with Crippen LogP contribution in [0.1, 0.15) is 20.3 Å². The molecule has 0 aromatic heterocycles. The Bertz CT molecular complexity index is 223. The molecule has 86 valence electrons. The van der Waals surface area contributed by atoms with Crippen LogP contribution in [0.2, 0.25) is 0 Å². The topological polar surface area (TPSA) is 37.4 Å². The van der Waals surface area contributed by atoms with Gasteiger partial charge in [0, 0.05) is 24.2 Å². The zero-order valence-electron chi connectivity index (χ0n) is 9.00. The van der Waals surface area contributed by atoms with Crippen molar-refractivity contribution in [1.29, 1.82) is 0 Å². The molecule has 0 aliphatic heterocycles. The third-order valence-corrected chi connectivity index (χ3v) is 4.14. The summed E-state index contributed by atoms with van der Waals surface area (Å²) < 4.78 is 22.5. The van der Waals surface area contributed by atoms with Crippen LogP contribution in [0.3, 0.4) is 0 Å². The number of hydrogen-bond donors (Lipinski definition) is 0. The second kappa shape index (κ2) is 7.65. The van der Waals surface area contributed by atoms with Crippen LogP contribution >= 0.6 is 15.9 Å². The van der Waals surface area contributed by atoms with E-state index < -0.39 is 9.84 Å². The average Bonchev–Trinajstić information content (AvgIpc) is 2.15. The molecule has 0 amide bonds. The quantitative estimate of drug-likeness (QED) is 0.635. The summed E-state index contributed by atoms with van der Waals surface area (Å²) in [4.78, 5) is 2.18. The van der Waals surface area contributed by atoms with E-state index in [2.05, 4.69) is 27.8 Å².